The maximum Gasteiger partial charge on any atom is 0.0771 e. The number of piperazine rings is 1. The van der Waals surface area contributed by atoms with Crippen LogP contribution in [0.2, 0.25) is 0 Å². The Balaban J connectivity index is 1.56. The van der Waals surface area contributed by atoms with Gasteiger partial charge in [-0.2, -0.15) is 0 Å². The monoisotopic (exact) mass is 283 g/mol. The highest BCUT2D eigenvalue weighted by molar-refractivity contribution is 4.87. The molecule has 1 heterocycles. The van der Waals surface area contributed by atoms with Crippen LogP contribution in [0.3, 0.4) is 0 Å². The van der Waals surface area contributed by atoms with Crippen LogP contribution in [0.5, 0.6) is 0 Å². The Kier molecular flexibility index (Phi) is 6.27. The molecule has 4 heteroatoms. The zero-order valence-corrected chi connectivity index (χ0v) is 13.4. The number of nitrogens with zero attached hydrogens (tertiary/aromatic N) is 2. The molecule has 0 radical (unpaired) electrons. The van der Waals surface area contributed by atoms with Gasteiger partial charge >= 0.3 is 0 Å². The number of rotatable bonds is 6. The Labute approximate surface area is 124 Å². The summed E-state index contributed by atoms with van der Waals surface area (Å²) >= 11 is 0. The van der Waals surface area contributed by atoms with Gasteiger partial charge in [0, 0.05) is 45.8 Å². The fourth-order valence-electron chi connectivity index (χ4n) is 3.43. The van der Waals surface area contributed by atoms with E-state index in [1.54, 1.807) is 0 Å². The zero-order valence-electron chi connectivity index (χ0n) is 13.4. The predicted molar refractivity (Wildman–Crippen MR) is 84.0 cm³/mol. The average Bonchev–Trinajstić information content (AvgIpc) is 2.46. The smallest absolute Gasteiger partial charge is 0.0771 e. The molecule has 4 nitrogen and oxygen atoms in total. The first-order chi connectivity index (χ1) is 9.61. The fraction of sp³-hybridized carbons (Fsp3) is 1.00. The maximum atomic E-state index is 10.6. The quantitative estimate of drug-likeness (QED) is 0.718. The van der Waals surface area contributed by atoms with E-state index in [0.717, 1.165) is 38.4 Å². The van der Waals surface area contributed by atoms with Crippen LogP contribution in [0.15, 0.2) is 0 Å². The van der Waals surface area contributed by atoms with Gasteiger partial charge in [0.15, 0.2) is 0 Å². The third-order valence-corrected chi connectivity index (χ3v) is 5.27. The van der Waals surface area contributed by atoms with Gasteiger partial charge in [0.2, 0.25) is 0 Å². The maximum absolute atomic E-state index is 10.6. The third kappa shape index (κ3) is 4.99. The van der Waals surface area contributed by atoms with E-state index < -0.39 is 5.60 Å². The summed E-state index contributed by atoms with van der Waals surface area (Å²) in [6.07, 6.45) is 5.63. The summed E-state index contributed by atoms with van der Waals surface area (Å²) in [5, 5.41) is 14.1. The molecular weight excluding hydrogens is 250 g/mol. The van der Waals surface area contributed by atoms with Crippen molar-refractivity contribution in [3.05, 3.63) is 0 Å². The van der Waals surface area contributed by atoms with Crippen molar-refractivity contribution >= 4 is 0 Å². The van der Waals surface area contributed by atoms with Gasteiger partial charge in [0.05, 0.1) is 5.60 Å². The molecule has 0 bridgehead atoms. The van der Waals surface area contributed by atoms with Gasteiger partial charge in [-0.15, -0.1) is 0 Å². The number of aliphatic hydroxyl groups is 1. The molecule has 2 N–H and O–H groups in total. The molecule has 2 aliphatic rings. The number of likely N-dealkylation sites (N-methyl/N-ethyl adjacent to an activating group) is 1. The molecule has 0 unspecified atom stereocenters. The van der Waals surface area contributed by atoms with E-state index in [1.165, 1.54) is 45.4 Å². The van der Waals surface area contributed by atoms with Gasteiger partial charge in [-0.3, -0.25) is 4.90 Å². The fourth-order valence-corrected chi connectivity index (χ4v) is 3.43. The van der Waals surface area contributed by atoms with E-state index >= 15 is 0 Å². The topological polar surface area (TPSA) is 38.7 Å². The van der Waals surface area contributed by atoms with Crippen molar-refractivity contribution in [2.45, 2.75) is 44.6 Å². The van der Waals surface area contributed by atoms with Crippen molar-refractivity contribution < 1.29 is 5.11 Å². The molecule has 0 aromatic carbocycles. The first-order valence-corrected chi connectivity index (χ1v) is 8.45. The molecule has 1 aliphatic carbocycles. The second-order valence-corrected chi connectivity index (χ2v) is 6.90. The summed E-state index contributed by atoms with van der Waals surface area (Å²) in [6.45, 7) is 9.89. The number of hydrogen-bond acceptors (Lipinski definition) is 4. The normalized spacial score (nSPS) is 33.5. The van der Waals surface area contributed by atoms with Gasteiger partial charge in [0.25, 0.3) is 0 Å². The molecule has 0 aromatic rings. The first-order valence-electron chi connectivity index (χ1n) is 8.45. The lowest BCUT2D eigenvalue weighted by Gasteiger charge is -2.36. The Morgan fingerprint density at radius 1 is 1.15 bits per heavy atom. The van der Waals surface area contributed by atoms with Crippen LogP contribution in [0.25, 0.3) is 0 Å². The minimum atomic E-state index is -0.437. The van der Waals surface area contributed by atoms with Crippen molar-refractivity contribution in [1.82, 2.24) is 15.1 Å². The highest BCUT2D eigenvalue weighted by Gasteiger charge is 2.32. The minimum Gasteiger partial charge on any atom is -0.389 e. The molecule has 2 fully saturated rings. The molecule has 1 saturated carbocycles. The van der Waals surface area contributed by atoms with Crippen LogP contribution < -0.4 is 5.32 Å². The second-order valence-electron chi connectivity index (χ2n) is 6.90. The Hall–Kier alpha value is -0.160. The van der Waals surface area contributed by atoms with Crippen molar-refractivity contribution in [3.63, 3.8) is 0 Å². The van der Waals surface area contributed by atoms with Crippen molar-refractivity contribution in [2.75, 3.05) is 52.9 Å². The highest BCUT2D eigenvalue weighted by Crippen LogP contribution is 2.33. The van der Waals surface area contributed by atoms with E-state index in [-0.39, 0.29) is 0 Å². The van der Waals surface area contributed by atoms with Gasteiger partial charge in [-0.05, 0) is 38.6 Å². The largest absolute Gasteiger partial charge is 0.389 e. The predicted octanol–water partition coefficient (Wildman–Crippen LogP) is 1.15. The van der Waals surface area contributed by atoms with Crippen molar-refractivity contribution in [3.8, 4) is 0 Å². The summed E-state index contributed by atoms with van der Waals surface area (Å²) < 4.78 is 0. The first kappa shape index (κ1) is 16.2. The average molecular weight is 283 g/mol. The van der Waals surface area contributed by atoms with Crippen LogP contribution in [0.4, 0.5) is 0 Å². The van der Waals surface area contributed by atoms with E-state index in [2.05, 4.69) is 29.1 Å². The Bertz CT molecular complexity index is 269. The zero-order chi connectivity index (χ0) is 14.4. The Morgan fingerprint density at radius 3 is 2.40 bits per heavy atom. The van der Waals surface area contributed by atoms with E-state index in [4.69, 9.17) is 0 Å². The van der Waals surface area contributed by atoms with E-state index in [0.29, 0.717) is 0 Å². The molecule has 118 valence electrons. The summed E-state index contributed by atoms with van der Waals surface area (Å²) in [5.41, 5.74) is -0.437. The summed E-state index contributed by atoms with van der Waals surface area (Å²) in [5.74, 6) is 0.848. The standard InChI is InChI=1S/C16H33N3O/c1-3-15-4-6-16(20,7-5-15)14-17-8-9-19-12-10-18(2)11-13-19/h15,17,20H,3-14H2,1-2H3. The van der Waals surface area contributed by atoms with Crippen LogP contribution >= 0.6 is 0 Å². The van der Waals surface area contributed by atoms with Gasteiger partial charge in [0.1, 0.15) is 0 Å². The minimum absolute atomic E-state index is 0.437. The summed E-state index contributed by atoms with van der Waals surface area (Å²) in [6, 6.07) is 0. The van der Waals surface area contributed by atoms with Crippen LogP contribution in [-0.4, -0.2) is 73.4 Å². The van der Waals surface area contributed by atoms with Gasteiger partial charge in [-0.1, -0.05) is 13.3 Å². The molecule has 20 heavy (non-hydrogen) atoms. The second kappa shape index (κ2) is 7.74. The lowest BCUT2D eigenvalue weighted by Crippen LogP contribution is -2.48. The SMILES string of the molecule is CCC1CCC(O)(CNCCN2CCN(C)CC2)CC1. The lowest BCUT2D eigenvalue weighted by molar-refractivity contribution is -0.00893. The third-order valence-electron chi connectivity index (χ3n) is 5.27. The lowest BCUT2D eigenvalue weighted by atomic mass is 9.78. The number of hydrogen-bond donors (Lipinski definition) is 2. The van der Waals surface area contributed by atoms with Gasteiger partial charge in [-0.25, -0.2) is 0 Å². The van der Waals surface area contributed by atoms with E-state index in [1.807, 2.05) is 0 Å². The summed E-state index contributed by atoms with van der Waals surface area (Å²) in [4.78, 5) is 4.91. The Morgan fingerprint density at radius 2 is 1.80 bits per heavy atom. The molecule has 0 spiro atoms. The van der Waals surface area contributed by atoms with Gasteiger partial charge < -0.3 is 15.3 Å². The molecule has 0 amide bonds. The highest BCUT2D eigenvalue weighted by atomic mass is 16.3. The molecule has 2 rings (SSSR count). The molecule has 0 atom stereocenters. The van der Waals surface area contributed by atoms with Crippen molar-refractivity contribution in [2.24, 2.45) is 5.92 Å². The van der Waals surface area contributed by atoms with Crippen molar-refractivity contribution in [1.29, 1.82) is 0 Å². The molecule has 1 aliphatic heterocycles. The molecule has 0 aromatic heterocycles. The molecular formula is C16H33N3O. The molecule has 1 saturated heterocycles. The number of nitrogens with one attached hydrogen (secondary N) is 1. The summed E-state index contributed by atoms with van der Waals surface area (Å²) in [7, 11) is 2.19. The van der Waals surface area contributed by atoms with Crippen LogP contribution in [-0.2, 0) is 0 Å². The van der Waals surface area contributed by atoms with Crippen LogP contribution in [0.1, 0.15) is 39.0 Å². The van der Waals surface area contributed by atoms with E-state index in [9.17, 15) is 5.11 Å². The van der Waals surface area contributed by atoms with Crippen LogP contribution in [0, 0.1) is 5.92 Å².